The summed E-state index contributed by atoms with van der Waals surface area (Å²) < 4.78 is 49.2. The van der Waals surface area contributed by atoms with Crippen molar-refractivity contribution in [2.45, 2.75) is 18.6 Å². The summed E-state index contributed by atoms with van der Waals surface area (Å²) in [6.45, 7) is 0.209. The van der Waals surface area contributed by atoms with Gasteiger partial charge >= 0.3 is 6.18 Å². The first-order valence-corrected chi connectivity index (χ1v) is 10.2. The van der Waals surface area contributed by atoms with Crippen LogP contribution in [0.2, 0.25) is 0 Å². The first kappa shape index (κ1) is 27.0. The van der Waals surface area contributed by atoms with Gasteiger partial charge in [0.05, 0.1) is 19.8 Å². The molecule has 1 amide bonds. The number of nitrogens with zero attached hydrogens (tertiary/aromatic N) is 1. The standard InChI is InChI=1S/C25H25F3N2O3.ClH/c1-32-21-13-12-20(16-22(21)33-2)30(24(31)23(29)18-6-4-3-5-7-18)15-14-17-8-10-19(11-9-17)25(26,27)28;/h3-13,16,23H,14-15,29H2,1-2H3;1H. The van der Waals surface area contributed by atoms with Crippen LogP contribution < -0.4 is 20.1 Å². The van der Waals surface area contributed by atoms with Crippen LogP contribution in [0.1, 0.15) is 22.7 Å². The van der Waals surface area contributed by atoms with Gasteiger partial charge in [0, 0.05) is 18.3 Å². The van der Waals surface area contributed by atoms with E-state index in [1.54, 1.807) is 42.5 Å². The highest BCUT2D eigenvalue weighted by atomic mass is 35.5. The Morgan fingerprint density at radius 1 is 0.941 bits per heavy atom. The predicted molar refractivity (Wildman–Crippen MR) is 128 cm³/mol. The number of amides is 1. The summed E-state index contributed by atoms with van der Waals surface area (Å²) in [4.78, 5) is 14.9. The third kappa shape index (κ3) is 6.42. The molecule has 182 valence electrons. The Bertz CT molecular complexity index is 1080. The van der Waals surface area contributed by atoms with Gasteiger partial charge in [-0.25, -0.2) is 0 Å². The molecule has 0 saturated carbocycles. The van der Waals surface area contributed by atoms with E-state index in [1.165, 1.54) is 31.3 Å². The van der Waals surface area contributed by atoms with E-state index in [0.717, 1.165) is 12.1 Å². The molecule has 3 aromatic rings. The Morgan fingerprint density at radius 3 is 2.12 bits per heavy atom. The van der Waals surface area contributed by atoms with Crippen molar-refractivity contribution in [1.82, 2.24) is 0 Å². The molecule has 1 atom stereocenters. The van der Waals surface area contributed by atoms with Crippen molar-refractivity contribution in [1.29, 1.82) is 0 Å². The summed E-state index contributed by atoms with van der Waals surface area (Å²) in [6.07, 6.45) is -4.07. The number of halogens is 4. The molecular weight excluding hydrogens is 469 g/mol. The quantitative estimate of drug-likeness (QED) is 0.454. The van der Waals surface area contributed by atoms with Crippen LogP contribution in [-0.2, 0) is 17.4 Å². The fraction of sp³-hybridized carbons (Fsp3) is 0.240. The van der Waals surface area contributed by atoms with Gasteiger partial charge in [0.15, 0.2) is 11.5 Å². The minimum absolute atomic E-state index is 0. The molecule has 0 fully saturated rings. The Kier molecular flexibility index (Phi) is 9.35. The molecule has 2 N–H and O–H groups in total. The maximum absolute atomic E-state index is 13.4. The van der Waals surface area contributed by atoms with Crippen molar-refractivity contribution in [3.8, 4) is 11.5 Å². The molecule has 0 aliphatic carbocycles. The lowest BCUT2D eigenvalue weighted by Crippen LogP contribution is -2.40. The van der Waals surface area contributed by atoms with E-state index in [4.69, 9.17) is 15.2 Å². The Hall–Kier alpha value is -3.23. The van der Waals surface area contributed by atoms with Crippen molar-refractivity contribution < 1.29 is 27.4 Å². The van der Waals surface area contributed by atoms with E-state index in [9.17, 15) is 18.0 Å². The van der Waals surface area contributed by atoms with Crippen molar-refractivity contribution in [3.63, 3.8) is 0 Å². The van der Waals surface area contributed by atoms with Crippen LogP contribution >= 0.6 is 12.4 Å². The van der Waals surface area contributed by atoms with Crippen LogP contribution in [0.25, 0.3) is 0 Å². The zero-order valence-corrected chi connectivity index (χ0v) is 19.5. The molecule has 3 rings (SSSR count). The fourth-order valence-corrected chi connectivity index (χ4v) is 3.43. The molecule has 0 aliphatic heterocycles. The van der Waals surface area contributed by atoms with Crippen LogP contribution in [-0.4, -0.2) is 26.7 Å². The lowest BCUT2D eigenvalue weighted by molar-refractivity contribution is -0.137. The normalized spacial score (nSPS) is 11.8. The van der Waals surface area contributed by atoms with Crippen molar-refractivity contribution in [2.24, 2.45) is 5.73 Å². The molecule has 0 bridgehead atoms. The highest BCUT2D eigenvalue weighted by Crippen LogP contribution is 2.33. The molecule has 34 heavy (non-hydrogen) atoms. The molecule has 0 spiro atoms. The Balaban J connectivity index is 0.00000408. The van der Waals surface area contributed by atoms with E-state index in [0.29, 0.717) is 34.7 Å². The zero-order valence-electron chi connectivity index (χ0n) is 18.7. The number of hydrogen-bond acceptors (Lipinski definition) is 4. The van der Waals surface area contributed by atoms with Crippen molar-refractivity contribution >= 4 is 24.0 Å². The lowest BCUT2D eigenvalue weighted by Gasteiger charge is -2.27. The van der Waals surface area contributed by atoms with Gasteiger partial charge in [-0.15, -0.1) is 12.4 Å². The fourth-order valence-electron chi connectivity index (χ4n) is 3.43. The molecule has 0 radical (unpaired) electrons. The lowest BCUT2D eigenvalue weighted by atomic mass is 10.0. The summed E-state index contributed by atoms with van der Waals surface area (Å²) in [6, 6.07) is 18.0. The molecule has 9 heteroatoms. The molecule has 3 aromatic carbocycles. The number of alkyl halides is 3. The van der Waals surface area contributed by atoms with Gasteiger partial charge in [0.1, 0.15) is 6.04 Å². The molecule has 1 unspecified atom stereocenters. The van der Waals surface area contributed by atoms with E-state index >= 15 is 0 Å². The highest BCUT2D eigenvalue weighted by molar-refractivity contribution is 5.98. The first-order chi connectivity index (χ1) is 15.7. The number of benzene rings is 3. The van der Waals surface area contributed by atoms with Gasteiger partial charge in [-0.3, -0.25) is 4.79 Å². The number of anilines is 1. The molecular formula is C25H26ClF3N2O3. The second-order valence-corrected chi connectivity index (χ2v) is 7.36. The van der Waals surface area contributed by atoms with Crippen LogP contribution in [0, 0.1) is 0 Å². The van der Waals surface area contributed by atoms with Crippen molar-refractivity contribution in [2.75, 3.05) is 25.7 Å². The molecule has 0 aliphatic rings. The smallest absolute Gasteiger partial charge is 0.416 e. The summed E-state index contributed by atoms with van der Waals surface area (Å²) >= 11 is 0. The molecule has 0 heterocycles. The maximum Gasteiger partial charge on any atom is 0.416 e. The number of ether oxygens (including phenoxy) is 2. The monoisotopic (exact) mass is 494 g/mol. The van der Waals surface area contributed by atoms with Crippen LogP contribution in [0.4, 0.5) is 18.9 Å². The largest absolute Gasteiger partial charge is 0.493 e. The summed E-state index contributed by atoms with van der Waals surface area (Å²) in [5.41, 5.74) is 7.41. The Labute approximate surface area is 202 Å². The summed E-state index contributed by atoms with van der Waals surface area (Å²) in [5.74, 6) is 0.597. The SMILES string of the molecule is COc1ccc(N(CCc2ccc(C(F)(F)F)cc2)C(=O)C(N)c2ccccc2)cc1OC.Cl. The average Bonchev–Trinajstić information content (AvgIpc) is 2.83. The first-order valence-electron chi connectivity index (χ1n) is 10.2. The van der Waals surface area contributed by atoms with Gasteiger partial charge in [-0.05, 0) is 41.8 Å². The van der Waals surface area contributed by atoms with Gasteiger partial charge in [0.25, 0.3) is 0 Å². The van der Waals surface area contributed by atoms with E-state index < -0.39 is 17.8 Å². The minimum Gasteiger partial charge on any atom is -0.493 e. The molecule has 5 nitrogen and oxygen atoms in total. The highest BCUT2D eigenvalue weighted by Gasteiger charge is 2.30. The van der Waals surface area contributed by atoms with Crippen molar-refractivity contribution in [3.05, 3.63) is 89.5 Å². The van der Waals surface area contributed by atoms with E-state index in [2.05, 4.69) is 0 Å². The van der Waals surface area contributed by atoms with E-state index in [1.807, 2.05) is 6.07 Å². The zero-order chi connectivity index (χ0) is 24.0. The third-order valence-corrected chi connectivity index (χ3v) is 5.27. The third-order valence-electron chi connectivity index (χ3n) is 5.27. The number of carbonyl (C=O) groups excluding carboxylic acids is 1. The van der Waals surface area contributed by atoms with Gasteiger partial charge < -0.3 is 20.1 Å². The Morgan fingerprint density at radius 2 is 1.56 bits per heavy atom. The summed E-state index contributed by atoms with van der Waals surface area (Å²) in [5, 5.41) is 0. The topological polar surface area (TPSA) is 64.8 Å². The van der Waals surface area contributed by atoms with Gasteiger partial charge in [0.2, 0.25) is 5.91 Å². The van der Waals surface area contributed by atoms with Crippen LogP contribution in [0.15, 0.2) is 72.8 Å². The maximum atomic E-state index is 13.4. The van der Waals surface area contributed by atoms with Crippen LogP contribution in [0.5, 0.6) is 11.5 Å². The minimum atomic E-state index is -4.40. The van der Waals surface area contributed by atoms with E-state index in [-0.39, 0.29) is 24.9 Å². The van der Waals surface area contributed by atoms with Gasteiger partial charge in [-0.2, -0.15) is 13.2 Å². The number of methoxy groups -OCH3 is 2. The molecule has 0 saturated heterocycles. The summed E-state index contributed by atoms with van der Waals surface area (Å²) in [7, 11) is 3.00. The number of carbonyl (C=O) groups is 1. The van der Waals surface area contributed by atoms with Crippen LogP contribution in [0.3, 0.4) is 0 Å². The average molecular weight is 495 g/mol. The predicted octanol–water partition coefficient (Wildman–Crippen LogP) is 5.42. The second-order valence-electron chi connectivity index (χ2n) is 7.36. The molecule has 0 aromatic heterocycles. The number of rotatable bonds is 8. The number of nitrogens with two attached hydrogens (primary N) is 1. The second kappa shape index (κ2) is 11.8. The number of hydrogen-bond donors (Lipinski definition) is 1. The van der Waals surface area contributed by atoms with Gasteiger partial charge in [-0.1, -0.05) is 42.5 Å².